The van der Waals surface area contributed by atoms with E-state index < -0.39 is 6.04 Å². The Morgan fingerprint density at radius 3 is 2.26 bits per heavy atom. The topological polar surface area (TPSA) is 86.8 Å². The van der Waals surface area contributed by atoms with Crippen molar-refractivity contribution in [1.82, 2.24) is 15.1 Å². The maximum Gasteiger partial charge on any atom is 0.261 e. The zero-order valence-electron chi connectivity index (χ0n) is 19.9. The lowest BCUT2D eigenvalue weighted by Gasteiger charge is -2.29. The van der Waals surface area contributed by atoms with Crippen LogP contribution in [0.5, 0.6) is 0 Å². The third-order valence-corrected chi connectivity index (χ3v) is 6.72. The van der Waals surface area contributed by atoms with E-state index in [1.807, 2.05) is 6.92 Å². The molecule has 186 valence electrons. The number of carbonyl (C=O) groups excluding carboxylic acids is 4. The number of rotatable bonds is 11. The molecule has 35 heavy (non-hydrogen) atoms. The lowest BCUT2D eigenvalue weighted by Crippen LogP contribution is -2.48. The molecule has 0 saturated heterocycles. The van der Waals surface area contributed by atoms with Gasteiger partial charge in [0.1, 0.15) is 6.04 Å². The van der Waals surface area contributed by atoms with Gasteiger partial charge in [0.25, 0.3) is 11.8 Å². The van der Waals surface area contributed by atoms with Crippen LogP contribution in [0, 0.1) is 0 Å². The molecule has 2 aromatic carbocycles. The van der Waals surface area contributed by atoms with Crippen LogP contribution >= 0.6 is 23.2 Å². The molecule has 7 nitrogen and oxygen atoms in total. The highest BCUT2D eigenvalue weighted by atomic mass is 35.5. The van der Waals surface area contributed by atoms with Gasteiger partial charge in [0, 0.05) is 26.1 Å². The van der Waals surface area contributed by atoms with Crippen molar-refractivity contribution in [3.8, 4) is 0 Å². The zero-order valence-corrected chi connectivity index (χ0v) is 21.4. The number of hydrogen-bond donors (Lipinski definition) is 1. The largest absolute Gasteiger partial charge is 0.354 e. The molecular weight excluding hydrogens is 489 g/mol. The molecule has 0 unspecified atom stereocenters. The Balaban J connectivity index is 1.67. The van der Waals surface area contributed by atoms with Crippen molar-refractivity contribution in [2.24, 2.45) is 0 Å². The monoisotopic (exact) mass is 517 g/mol. The maximum atomic E-state index is 13.2. The summed E-state index contributed by atoms with van der Waals surface area (Å²) in [5, 5.41) is 3.64. The summed E-state index contributed by atoms with van der Waals surface area (Å²) in [6.45, 7) is 4.54. The van der Waals surface area contributed by atoms with Crippen molar-refractivity contribution in [3.63, 3.8) is 0 Å². The fourth-order valence-corrected chi connectivity index (χ4v) is 4.25. The normalized spacial score (nSPS) is 13.5. The van der Waals surface area contributed by atoms with E-state index >= 15 is 0 Å². The molecule has 1 atom stereocenters. The number of amides is 4. The van der Waals surface area contributed by atoms with Gasteiger partial charge in [-0.05, 0) is 49.6 Å². The van der Waals surface area contributed by atoms with E-state index in [4.69, 9.17) is 23.2 Å². The van der Waals surface area contributed by atoms with Gasteiger partial charge in [-0.15, -0.1) is 0 Å². The molecule has 0 bridgehead atoms. The minimum atomic E-state index is -0.715. The standard InChI is InChI=1S/C26H29Cl2N3O4/c1-3-4-13-29-24(33)17(2)31(16-18-11-12-21(27)22(28)15-18)23(32)10-7-14-30-25(34)19-8-5-6-9-20(19)26(30)35/h5-6,8-9,11-12,15,17H,3-4,7,10,13-14,16H2,1-2H3,(H,29,33)/t17-/m0/s1. The van der Waals surface area contributed by atoms with Gasteiger partial charge in [-0.2, -0.15) is 0 Å². The summed E-state index contributed by atoms with van der Waals surface area (Å²) >= 11 is 12.2. The molecule has 0 aromatic heterocycles. The fraction of sp³-hybridized carbons (Fsp3) is 0.385. The van der Waals surface area contributed by atoms with Crippen molar-refractivity contribution in [3.05, 3.63) is 69.2 Å². The zero-order chi connectivity index (χ0) is 25.5. The molecule has 1 heterocycles. The number of imide groups is 1. The molecule has 0 radical (unpaired) electrons. The summed E-state index contributed by atoms with van der Waals surface area (Å²) in [7, 11) is 0. The number of unbranched alkanes of at least 4 members (excludes halogenated alkanes) is 1. The highest BCUT2D eigenvalue weighted by Crippen LogP contribution is 2.25. The predicted octanol–water partition coefficient (Wildman–Crippen LogP) is 4.70. The molecule has 0 fully saturated rings. The van der Waals surface area contributed by atoms with Crippen LogP contribution in [-0.4, -0.2) is 52.6 Å². The van der Waals surface area contributed by atoms with Crippen LogP contribution in [0.4, 0.5) is 0 Å². The van der Waals surface area contributed by atoms with Crippen LogP contribution in [0.3, 0.4) is 0 Å². The number of carbonyl (C=O) groups is 4. The average molecular weight is 518 g/mol. The number of nitrogens with one attached hydrogen (secondary N) is 1. The van der Waals surface area contributed by atoms with Gasteiger partial charge in [-0.1, -0.05) is 54.7 Å². The average Bonchev–Trinajstić information content (AvgIpc) is 3.09. The quantitative estimate of drug-likeness (QED) is 0.345. The summed E-state index contributed by atoms with van der Waals surface area (Å²) < 4.78 is 0. The van der Waals surface area contributed by atoms with Crippen LogP contribution in [0.2, 0.25) is 10.0 Å². The van der Waals surface area contributed by atoms with Gasteiger partial charge in [0.15, 0.2) is 0 Å². The van der Waals surface area contributed by atoms with Crippen molar-refractivity contribution >= 4 is 46.8 Å². The molecule has 0 saturated carbocycles. The Morgan fingerprint density at radius 2 is 1.66 bits per heavy atom. The first-order valence-corrected chi connectivity index (χ1v) is 12.5. The molecule has 3 rings (SSSR count). The minimum Gasteiger partial charge on any atom is -0.354 e. The van der Waals surface area contributed by atoms with E-state index in [0.29, 0.717) is 27.7 Å². The van der Waals surface area contributed by atoms with Gasteiger partial charge >= 0.3 is 0 Å². The maximum absolute atomic E-state index is 13.2. The molecule has 0 spiro atoms. The lowest BCUT2D eigenvalue weighted by atomic mass is 10.1. The van der Waals surface area contributed by atoms with E-state index in [1.54, 1.807) is 49.4 Å². The first kappa shape index (κ1) is 26.7. The molecule has 4 amide bonds. The molecule has 1 aliphatic heterocycles. The van der Waals surface area contributed by atoms with E-state index in [2.05, 4.69) is 5.32 Å². The third-order valence-electron chi connectivity index (χ3n) is 5.98. The second kappa shape index (κ2) is 12.2. The highest BCUT2D eigenvalue weighted by molar-refractivity contribution is 6.42. The number of benzene rings is 2. The van der Waals surface area contributed by atoms with Crippen molar-refractivity contribution in [2.45, 2.75) is 52.1 Å². The van der Waals surface area contributed by atoms with E-state index in [1.165, 1.54) is 9.80 Å². The van der Waals surface area contributed by atoms with E-state index in [0.717, 1.165) is 18.4 Å². The Morgan fingerprint density at radius 1 is 1.00 bits per heavy atom. The van der Waals surface area contributed by atoms with Gasteiger partial charge in [-0.3, -0.25) is 24.1 Å². The molecule has 0 aliphatic carbocycles. The van der Waals surface area contributed by atoms with Crippen molar-refractivity contribution in [1.29, 1.82) is 0 Å². The second-order valence-corrected chi connectivity index (χ2v) is 9.32. The van der Waals surface area contributed by atoms with Crippen LogP contribution in [-0.2, 0) is 16.1 Å². The van der Waals surface area contributed by atoms with Crippen molar-refractivity contribution < 1.29 is 19.2 Å². The Hall–Kier alpha value is -2.90. The summed E-state index contributed by atoms with van der Waals surface area (Å²) in [4.78, 5) is 53.8. The number of halogens is 2. The lowest BCUT2D eigenvalue weighted by molar-refractivity contribution is -0.140. The van der Waals surface area contributed by atoms with Gasteiger partial charge < -0.3 is 10.2 Å². The number of hydrogen-bond acceptors (Lipinski definition) is 4. The summed E-state index contributed by atoms with van der Waals surface area (Å²) in [5.41, 5.74) is 1.49. The predicted molar refractivity (Wildman–Crippen MR) is 135 cm³/mol. The number of nitrogens with zero attached hydrogens (tertiary/aromatic N) is 2. The second-order valence-electron chi connectivity index (χ2n) is 8.50. The summed E-state index contributed by atoms with van der Waals surface area (Å²) in [6, 6.07) is 11.0. The molecule has 1 aliphatic rings. The van der Waals surface area contributed by atoms with Crippen LogP contribution in [0.15, 0.2) is 42.5 Å². The van der Waals surface area contributed by atoms with E-state index in [-0.39, 0.29) is 49.6 Å². The molecule has 2 aromatic rings. The van der Waals surface area contributed by atoms with Crippen molar-refractivity contribution in [2.75, 3.05) is 13.1 Å². The van der Waals surface area contributed by atoms with Gasteiger partial charge in [-0.25, -0.2) is 0 Å². The highest BCUT2D eigenvalue weighted by Gasteiger charge is 2.35. The number of fused-ring (bicyclic) bond motifs is 1. The third kappa shape index (κ3) is 6.41. The first-order chi connectivity index (χ1) is 16.7. The summed E-state index contributed by atoms with van der Waals surface area (Å²) in [5.74, 6) is -1.21. The Kier molecular flexibility index (Phi) is 9.29. The smallest absolute Gasteiger partial charge is 0.261 e. The van der Waals surface area contributed by atoms with Gasteiger partial charge in [0.05, 0.1) is 21.2 Å². The SMILES string of the molecule is CCCCNC(=O)[C@H](C)N(Cc1ccc(Cl)c(Cl)c1)C(=O)CCCN1C(=O)c2ccccc2C1=O. The Labute approximate surface area is 215 Å². The fourth-order valence-electron chi connectivity index (χ4n) is 3.93. The van der Waals surface area contributed by atoms with Crippen LogP contribution in [0.25, 0.3) is 0 Å². The van der Waals surface area contributed by atoms with Crippen LogP contribution in [0.1, 0.15) is 65.8 Å². The minimum absolute atomic E-state index is 0.0707. The van der Waals surface area contributed by atoms with E-state index in [9.17, 15) is 19.2 Å². The Bertz CT molecular complexity index is 1090. The first-order valence-electron chi connectivity index (χ1n) is 11.7. The molecule has 1 N–H and O–H groups in total. The summed E-state index contributed by atoms with van der Waals surface area (Å²) in [6.07, 6.45) is 2.14. The van der Waals surface area contributed by atoms with Crippen LogP contribution < -0.4 is 5.32 Å². The van der Waals surface area contributed by atoms with Gasteiger partial charge in [0.2, 0.25) is 11.8 Å². The molecular formula is C26H29Cl2N3O4. The molecule has 9 heteroatoms.